The summed E-state index contributed by atoms with van der Waals surface area (Å²) >= 11 is 0. The Kier molecular flexibility index (Phi) is 0.704. The summed E-state index contributed by atoms with van der Waals surface area (Å²) < 4.78 is 6.93. The van der Waals surface area contributed by atoms with Gasteiger partial charge >= 0.3 is 5.84 Å². The van der Waals surface area contributed by atoms with Crippen molar-refractivity contribution in [1.82, 2.24) is 9.38 Å². The summed E-state index contributed by atoms with van der Waals surface area (Å²) in [6.07, 6.45) is 5.27. The van der Waals surface area contributed by atoms with Crippen LogP contribution < -0.4 is 0 Å². The van der Waals surface area contributed by atoms with E-state index in [0.717, 1.165) is 5.69 Å². The van der Waals surface area contributed by atoms with Crippen molar-refractivity contribution in [2.24, 2.45) is 0 Å². The molecule has 0 N–H and O–H groups in total. The summed E-state index contributed by atoms with van der Waals surface area (Å²) in [6.45, 7) is 1.97. The molecule has 0 bridgehead atoms. The van der Waals surface area contributed by atoms with Gasteiger partial charge in [0.25, 0.3) is 0 Å². The minimum atomic E-state index is 0.660. The van der Waals surface area contributed by atoms with Crippen LogP contribution in [-0.2, 0) is 0 Å². The second-order valence-electron chi connectivity index (χ2n) is 1.96. The number of hydrogen-bond donors (Lipinski definition) is 0. The SMILES string of the molecule is Cc1coc2nccn12. The molecule has 0 amide bonds. The molecule has 0 saturated carbocycles. The first kappa shape index (κ1) is 4.61. The fourth-order valence-corrected chi connectivity index (χ4v) is 0.840. The van der Waals surface area contributed by atoms with E-state index in [0.29, 0.717) is 5.84 Å². The zero-order chi connectivity index (χ0) is 6.27. The van der Waals surface area contributed by atoms with Crippen molar-refractivity contribution in [3.8, 4) is 0 Å². The highest BCUT2D eigenvalue weighted by atomic mass is 16.3. The quantitative estimate of drug-likeness (QED) is 0.526. The molecule has 0 aliphatic heterocycles. The van der Waals surface area contributed by atoms with E-state index in [4.69, 9.17) is 4.42 Å². The van der Waals surface area contributed by atoms with Crippen LogP contribution in [0.5, 0.6) is 0 Å². The molecule has 0 aliphatic carbocycles. The molecule has 2 aromatic rings. The Labute approximate surface area is 51.9 Å². The zero-order valence-corrected chi connectivity index (χ0v) is 5.03. The lowest BCUT2D eigenvalue weighted by atomic mass is 10.6. The van der Waals surface area contributed by atoms with Crippen LogP contribution in [0.15, 0.2) is 23.1 Å². The highest BCUT2D eigenvalue weighted by Gasteiger charge is 1.97. The fourth-order valence-electron chi connectivity index (χ4n) is 0.840. The summed E-state index contributed by atoms with van der Waals surface area (Å²) in [5.74, 6) is 0.660. The molecule has 0 fully saturated rings. The number of aromatic nitrogens is 2. The van der Waals surface area contributed by atoms with Crippen LogP contribution in [0, 0.1) is 6.92 Å². The summed E-state index contributed by atoms with van der Waals surface area (Å²) in [6, 6.07) is 0. The number of nitrogens with zero attached hydrogens (tertiary/aromatic N) is 2. The van der Waals surface area contributed by atoms with Crippen LogP contribution in [0.1, 0.15) is 5.69 Å². The summed E-state index contributed by atoms with van der Waals surface area (Å²) in [4.78, 5) is 3.94. The van der Waals surface area contributed by atoms with Crippen molar-refractivity contribution < 1.29 is 4.42 Å². The van der Waals surface area contributed by atoms with Gasteiger partial charge in [0.15, 0.2) is 0 Å². The van der Waals surface area contributed by atoms with Crippen molar-refractivity contribution in [3.05, 3.63) is 24.4 Å². The van der Waals surface area contributed by atoms with Gasteiger partial charge in [-0.15, -0.1) is 0 Å². The molecule has 46 valence electrons. The van der Waals surface area contributed by atoms with Gasteiger partial charge in [0.05, 0.1) is 5.69 Å². The molecule has 0 aliphatic rings. The lowest BCUT2D eigenvalue weighted by molar-refractivity contribution is 0.595. The number of hydrogen-bond acceptors (Lipinski definition) is 2. The molecule has 3 nitrogen and oxygen atoms in total. The minimum Gasteiger partial charge on any atom is -0.431 e. The van der Waals surface area contributed by atoms with Crippen molar-refractivity contribution >= 4 is 5.84 Å². The second kappa shape index (κ2) is 1.37. The van der Waals surface area contributed by atoms with E-state index in [2.05, 4.69) is 4.98 Å². The highest BCUT2D eigenvalue weighted by molar-refractivity contribution is 5.25. The van der Waals surface area contributed by atoms with Gasteiger partial charge in [-0.25, -0.2) is 4.98 Å². The molecule has 2 heterocycles. The highest BCUT2D eigenvalue weighted by Crippen LogP contribution is 2.04. The zero-order valence-electron chi connectivity index (χ0n) is 5.03. The maximum atomic E-state index is 5.04. The largest absolute Gasteiger partial charge is 0.431 e. The summed E-state index contributed by atoms with van der Waals surface area (Å²) in [7, 11) is 0. The van der Waals surface area contributed by atoms with Crippen LogP contribution in [0.4, 0.5) is 0 Å². The predicted molar refractivity (Wildman–Crippen MR) is 32.2 cm³/mol. The molecular formula is C6H6N2O. The number of rotatable bonds is 0. The van der Waals surface area contributed by atoms with Gasteiger partial charge in [0.1, 0.15) is 6.26 Å². The maximum Gasteiger partial charge on any atom is 0.305 e. The number of imidazole rings is 1. The molecule has 0 spiro atoms. The molecule has 3 heteroatoms. The van der Waals surface area contributed by atoms with Gasteiger partial charge in [-0.05, 0) is 6.92 Å². The Morgan fingerprint density at radius 1 is 1.67 bits per heavy atom. The van der Waals surface area contributed by atoms with Gasteiger partial charge < -0.3 is 4.42 Å². The molecule has 0 unspecified atom stereocenters. The predicted octanol–water partition coefficient (Wildman–Crippen LogP) is 1.24. The van der Waals surface area contributed by atoms with E-state index < -0.39 is 0 Å². The average molecular weight is 122 g/mol. The number of aryl methyl sites for hydroxylation is 1. The van der Waals surface area contributed by atoms with Crippen LogP contribution in [0.3, 0.4) is 0 Å². The number of fused-ring (bicyclic) bond motifs is 1. The standard InChI is InChI=1S/C6H6N2O/c1-5-4-9-6-7-2-3-8(5)6/h2-4H,1H3. The first-order chi connectivity index (χ1) is 4.38. The van der Waals surface area contributed by atoms with Crippen LogP contribution >= 0.6 is 0 Å². The molecule has 9 heavy (non-hydrogen) atoms. The molecular weight excluding hydrogens is 116 g/mol. The molecule has 0 atom stereocenters. The van der Waals surface area contributed by atoms with E-state index >= 15 is 0 Å². The van der Waals surface area contributed by atoms with Crippen LogP contribution in [-0.4, -0.2) is 9.38 Å². The van der Waals surface area contributed by atoms with Crippen molar-refractivity contribution in [2.75, 3.05) is 0 Å². The van der Waals surface area contributed by atoms with E-state index in [9.17, 15) is 0 Å². The summed E-state index contributed by atoms with van der Waals surface area (Å²) in [5.41, 5.74) is 1.07. The second-order valence-corrected chi connectivity index (χ2v) is 1.96. The monoisotopic (exact) mass is 122 g/mol. The van der Waals surface area contributed by atoms with Gasteiger partial charge in [-0.2, -0.15) is 0 Å². The van der Waals surface area contributed by atoms with E-state index in [1.54, 1.807) is 12.5 Å². The summed E-state index contributed by atoms with van der Waals surface area (Å²) in [5, 5.41) is 0. The minimum absolute atomic E-state index is 0.660. The van der Waals surface area contributed by atoms with Gasteiger partial charge in [0, 0.05) is 12.4 Å². The van der Waals surface area contributed by atoms with Crippen molar-refractivity contribution in [3.63, 3.8) is 0 Å². The molecule has 2 aromatic heterocycles. The lowest BCUT2D eigenvalue weighted by Gasteiger charge is -1.79. The van der Waals surface area contributed by atoms with Crippen LogP contribution in [0.25, 0.3) is 5.84 Å². The first-order valence-electron chi connectivity index (χ1n) is 2.75. The lowest BCUT2D eigenvalue weighted by Crippen LogP contribution is -1.77. The topological polar surface area (TPSA) is 30.4 Å². The van der Waals surface area contributed by atoms with Crippen LogP contribution in [0.2, 0.25) is 0 Å². The molecule has 0 aromatic carbocycles. The smallest absolute Gasteiger partial charge is 0.305 e. The Morgan fingerprint density at radius 2 is 2.56 bits per heavy atom. The van der Waals surface area contributed by atoms with E-state index in [1.165, 1.54) is 0 Å². The van der Waals surface area contributed by atoms with Crippen molar-refractivity contribution in [1.29, 1.82) is 0 Å². The third-order valence-electron chi connectivity index (χ3n) is 1.32. The van der Waals surface area contributed by atoms with Gasteiger partial charge in [0.2, 0.25) is 0 Å². The van der Waals surface area contributed by atoms with Crippen molar-refractivity contribution in [2.45, 2.75) is 6.92 Å². The Hall–Kier alpha value is -1.25. The average Bonchev–Trinajstić information content (AvgIpc) is 2.35. The van der Waals surface area contributed by atoms with E-state index in [1.807, 2.05) is 17.5 Å². The van der Waals surface area contributed by atoms with E-state index in [-0.39, 0.29) is 0 Å². The Morgan fingerprint density at radius 3 is 3.33 bits per heavy atom. The third-order valence-corrected chi connectivity index (χ3v) is 1.32. The number of oxazole rings is 1. The molecule has 0 radical (unpaired) electrons. The Balaban J connectivity index is 2.99. The van der Waals surface area contributed by atoms with Gasteiger partial charge in [-0.3, -0.25) is 4.40 Å². The first-order valence-corrected chi connectivity index (χ1v) is 2.75. The Bertz CT molecular complexity index is 320. The maximum absolute atomic E-state index is 5.04. The van der Waals surface area contributed by atoms with Gasteiger partial charge in [-0.1, -0.05) is 0 Å². The fraction of sp³-hybridized carbons (Fsp3) is 0.167. The molecule has 2 rings (SSSR count). The third kappa shape index (κ3) is 0.483. The normalized spacial score (nSPS) is 10.8. The molecule has 0 saturated heterocycles.